The second-order valence-corrected chi connectivity index (χ2v) is 5.44. The van der Waals surface area contributed by atoms with Crippen molar-refractivity contribution < 1.29 is 0 Å². The Hall–Kier alpha value is -0.570. The Morgan fingerprint density at radius 2 is 1.94 bits per heavy atom. The van der Waals surface area contributed by atoms with Crippen molar-refractivity contribution >= 4 is 11.6 Å². The van der Waals surface area contributed by atoms with Crippen molar-refractivity contribution in [1.29, 1.82) is 0 Å². The van der Waals surface area contributed by atoms with Crippen LogP contribution in [0.2, 0.25) is 5.02 Å². The van der Waals surface area contributed by atoms with Gasteiger partial charge in [0.25, 0.3) is 0 Å². The summed E-state index contributed by atoms with van der Waals surface area (Å²) in [6, 6.07) is 8.70. The van der Waals surface area contributed by atoms with Crippen LogP contribution < -0.4 is 5.32 Å². The molecule has 1 unspecified atom stereocenters. The Labute approximate surface area is 116 Å². The standard InChI is InChI=1S/C15H25ClN2/c1-4-5-13(2)17-10-11-18(3)12-14-6-8-15(16)9-7-14/h6-9,13,17H,4-5,10-12H2,1-3H3. The molecule has 1 rings (SSSR count). The first-order valence-corrected chi connectivity index (χ1v) is 7.16. The fraction of sp³-hybridized carbons (Fsp3) is 0.600. The summed E-state index contributed by atoms with van der Waals surface area (Å²) in [5, 5.41) is 4.35. The number of rotatable bonds is 8. The predicted octanol–water partition coefficient (Wildman–Crippen LogP) is 3.55. The number of benzene rings is 1. The SMILES string of the molecule is CCCC(C)NCCN(C)Cc1ccc(Cl)cc1. The van der Waals surface area contributed by atoms with Crippen molar-refractivity contribution in [3.63, 3.8) is 0 Å². The van der Waals surface area contributed by atoms with Crippen molar-refractivity contribution in [3.8, 4) is 0 Å². The number of halogens is 1. The maximum Gasteiger partial charge on any atom is 0.0406 e. The molecular weight excluding hydrogens is 244 g/mol. The van der Waals surface area contributed by atoms with E-state index in [0.29, 0.717) is 6.04 Å². The molecule has 2 nitrogen and oxygen atoms in total. The number of hydrogen-bond acceptors (Lipinski definition) is 2. The molecular formula is C15H25ClN2. The molecule has 102 valence electrons. The third-order valence-electron chi connectivity index (χ3n) is 3.07. The van der Waals surface area contributed by atoms with Crippen molar-refractivity contribution in [2.75, 3.05) is 20.1 Å². The summed E-state index contributed by atoms with van der Waals surface area (Å²) in [6.45, 7) is 7.57. The molecule has 0 heterocycles. The van der Waals surface area contributed by atoms with Gasteiger partial charge in [-0.3, -0.25) is 0 Å². The third-order valence-corrected chi connectivity index (χ3v) is 3.33. The normalized spacial score (nSPS) is 12.9. The van der Waals surface area contributed by atoms with E-state index in [2.05, 4.69) is 43.2 Å². The number of nitrogens with one attached hydrogen (secondary N) is 1. The van der Waals surface area contributed by atoms with Gasteiger partial charge in [0.05, 0.1) is 0 Å². The van der Waals surface area contributed by atoms with Crippen LogP contribution in [0.15, 0.2) is 24.3 Å². The van der Waals surface area contributed by atoms with Crippen LogP contribution in [0.1, 0.15) is 32.3 Å². The van der Waals surface area contributed by atoms with Gasteiger partial charge in [-0.1, -0.05) is 37.1 Å². The van der Waals surface area contributed by atoms with Crippen LogP contribution in [0.5, 0.6) is 0 Å². The molecule has 1 atom stereocenters. The van der Waals surface area contributed by atoms with Gasteiger partial charge in [0.2, 0.25) is 0 Å². The van der Waals surface area contributed by atoms with Crippen molar-refractivity contribution in [2.24, 2.45) is 0 Å². The van der Waals surface area contributed by atoms with Crippen LogP contribution in [-0.2, 0) is 6.54 Å². The molecule has 0 aliphatic heterocycles. The summed E-state index contributed by atoms with van der Waals surface area (Å²) >= 11 is 5.87. The summed E-state index contributed by atoms with van der Waals surface area (Å²) in [5.41, 5.74) is 1.31. The zero-order valence-electron chi connectivity index (χ0n) is 11.7. The predicted molar refractivity (Wildman–Crippen MR) is 80.2 cm³/mol. The van der Waals surface area contributed by atoms with Crippen LogP contribution in [0.3, 0.4) is 0 Å². The van der Waals surface area contributed by atoms with Crippen molar-refractivity contribution in [3.05, 3.63) is 34.9 Å². The molecule has 1 aromatic carbocycles. The van der Waals surface area contributed by atoms with Gasteiger partial charge >= 0.3 is 0 Å². The highest BCUT2D eigenvalue weighted by molar-refractivity contribution is 6.30. The van der Waals surface area contributed by atoms with Crippen LogP contribution >= 0.6 is 11.6 Å². The lowest BCUT2D eigenvalue weighted by atomic mass is 10.2. The Bertz CT molecular complexity index is 324. The molecule has 0 saturated heterocycles. The lowest BCUT2D eigenvalue weighted by Gasteiger charge is -2.19. The fourth-order valence-electron chi connectivity index (χ4n) is 2.02. The Balaban J connectivity index is 2.21. The van der Waals surface area contributed by atoms with E-state index in [9.17, 15) is 0 Å². The highest BCUT2D eigenvalue weighted by atomic mass is 35.5. The van der Waals surface area contributed by atoms with Gasteiger partial charge < -0.3 is 10.2 Å². The highest BCUT2D eigenvalue weighted by Crippen LogP contribution is 2.10. The minimum Gasteiger partial charge on any atom is -0.313 e. The molecule has 3 heteroatoms. The van der Waals surface area contributed by atoms with Crippen LogP contribution in [-0.4, -0.2) is 31.1 Å². The molecule has 0 fully saturated rings. The first kappa shape index (κ1) is 15.5. The minimum atomic E-state index is 0.624. The van der Waals surface area contributed by atoms with E-state index in [1.54, 1.807) is 0 Å². The maximum atomic E-state index is 5.87. The second kappa shape index (κ2) is 8.52. The molecule has 0 radical (unpaired) electrons. The fourth-order valence-corrected chi connectivity index (χ4v) is 2.14. The van der Waals surface area contributed by atoms with E-state index >= 15 is 0 Å². The second-order valence-electron chi connectivity index (χ2n) is 5.01. The molecule has 0 bridgehead atoms. The molecule has 1 N–H and O–H groups in total. The number of nitrogens with zero attached hydrogens (tertiary/aromatic N) is 1. The minimum absolute atomic E-state index is 0.624. The zero-order valence-corrected chi connectivity index (χ0v) is 12.5. The van der Waals surface area contributed by atoms with E-state index in [-0.39, 0.29) is 0 Å². The summed E-state index contributed by atoms with van der Waals surface area (Å²) < 4.78 is 0. The molecule has 0 aromatic heterocycles. The van der Waals surface area contributed by atoms with Gasteiger partial charge in [-0.15, -0.1) is 0 Å². The zero-order chi connectivity index (χ0) is 13.4. The molecule has 18 heavy (non-hydrogen) atoms. The van der Waals surface area contributed by atoms with Gasteiger partial charge in [-0.05, 0) is 38.1 Å². The van der Waals surface area contributed by atoms with E-state index < -0.39 is 0 Å². The summed E-state index contributed by atoms with van der Waals surface area (Å²) in [7, 11) is 2.15. The molecule has 0 amide bonds. The lowest BCUT2D eigenvalue weighted by Crippen LogP contribution is -2.34. The van der Waals surface area contributed by atoms with Crippen LogP contribution in [0, 0.1) is 0 Å². The summed E-state index contributed by atoms with van der Waals surface area (Å²) in [4.78, 5) is 2.33. The van der Waals surface area contributed by atoms with Crippen molar-refractivity contribution in [2.45, 2.75) is 39.3 Å². The average Bonchev–Trinajstić information content (AvgIpc) is 2.32. The Morgan fingerprint density at radius 3 is 2.56 bits per heavy atom. The van der Waals surface area contributed by atoms with Gasteiger partial charge in [0.15, 0.2) is 0 Å². The Morgan fingerprint density at radius 1 is 1.28 bits per heavy atom. The Kier molecular flexibility index (Phi) is 7.33. The highest BCUT2D eigenvalue weighted by Gasteiger charge is 2.02. The van der Waals surface area contributed by atoms with Gasteiger partial charge in [-0.2, -0.15) is 0 Å². The molecule has 0 aliphatic carbocycles. The third kappa shape index (κ3) is 6.39. The first-order valence-electron chi connectivity index (χ1n) is 6.78. The van der Waals surface area contributed by atoms with Crippen LogP contribution in [0.25, 0.3) is 0 Å². The largest absolute Gasteiger partial charge is 0.313 e. The summed E-state index contributed by atoms with van der Waals surface area (Å²) in [6.07, 6.45) is 2.50. The van der Waals surface area contributed by atoms with Crippen LogP contribution in [0.4, 0.5) is 0 Å². The number of hydrogen-bond donors (Lipinski definition) is 1. The van der Waals surface area contributed by atoms with Gasteiger partial charge in [0.1, 0.15) is 0 Å². The molecule has 0 saturated carbocycles. The van der Waals surface area contributed by atoms with E-state index in [1.807, 2.05) is 12.1 Å². The van der Waals surface area contributed by atoms with E-state index in [0.717, 1.165) is 24.7 Å². The first-order chi connectivity index (χ1) is 8.61. The smallest absolute Gasteiger partial charge is 0.0406 e. The number of likely N-dealkylation sites (N-methyl/N-ethyl adjacent to an activating group) is 1. The quantitative estimate of drug-likeness (QED) is 0.776. The monoisotopic (exact) mass is 268 g/mol. The molecule has 1 aromatic rings. The average molecular weight is 269 g/mol. The topological polar surface area (TPSA) is 15.3 Å². The molecule has 0 aliphatic rings. The van der Waals surface area contributed by atoms with E-state index in [1.165, 1.54) is 18.4 Å². The van der Waals surface area contributed by atoms with E-state index in [4.69, 9.17) is 11.6 Å². The van der Waals surface area contributed by atoms with Crippen molar-refractivity contribution in [1.82, 2.24) is 10.2 Å². The maximum absolute atomic E-state index is 5.87. The lowest BCUT2D eigenvalue weighted by molar-refractivity contribution is 0.316. The van der Waals surface area contributed by atoms with Gasteiger partial charge in [0, 0.05) is 30.7 Å². The molecule has 0 spiro atoms. The summed E-state index contributed by atoms with van der Waals surface area (Å²) in [5.74, 6) is 0. The van der Waals surface area contributed by atoms with Gasteiger partial charge in [-0.25, -0.2) is 0 Å².